The van der Waals surface area contributed by atoms with Gasteiger partial charge in [-0.15, -0.1) is 0 Å². The summed E-state index contributed by atoms with van der Waals surface area (Å²) in [6.45, 7) is 1.38. The Morgan fingerprint density at radius 2 is 2.04 bits per heavy atom. The van der Waals surface area contributed by atoms with Crippen molar-refractivity contribution >= 4 is 54.9 Å². The van der Waals surface area contributed by atoms with Crippen molar-refractivity contribution in [2.24, 2.45) is 0 Å². The summed E-state index contributed by atoms with van der Waals surface area (Å²) >= 11 is 15.2. The number of ether oxygens (including phenoxy) is 1. The highest BCUT2D eigenvalue weighted by Gasteiger charge is 2.49. The predicted molar refractivity (Wildman–Crippen MR) is 94.9 cm³/mol. The highest BCUT2D eigenvalue weighted by atomic mass is 79.9. The van der Waals surface area contributed by atoms with Gasteiger partial charge in [-0.1, -0.05) is 39.1 Å². The minimum Gasteiger partial charge on any atom is -0.501 e. The number of carbonyl (C=O) groups excluding carboxylic acids is 1. The second-order valence-electron chi connectivity index (χ2n) is 5.23. The minimum absolute atomic E-state index is 0.193. The van der Waals surface area contributed by atoms with Crippen LogP contribution < -0.4 is 4.72 Å². The average Bonchev–Trinajstić information content (AvgIpc) is 2.72. The van der Waals surface area contributed by atoms with Gasteiger partial charge in [0.25, 0.3) is 5.78 Å². The van der Waals surface area contributed by atoms with E-state index in [1.165, 1.54) is 25.1 Å². The Balaban J connectivity index is 2.34. The zero-order chi connectivity index (χ0) is 18.1. The van der Waals surface area contributed by atoms with E-state index < -0.39 is 33.0 Å². The quantitative estimate of drug-likeness (QED) is 0.638. The molecule has 10 heteroatoms. The molecule has 1 aromatic carbocycles. The van der Waals surface area contributed by atoms with Crippen LogP contribution in [0.25, 0.3) is 0 Å². The van der Waals surface area contributed by atoms with E-state index in [9.17, 15) is 18.3 Å². The summed E-state index contributed by atoms with van der Waals surface area (Å²) in [5.41, 5.74) is -1.46. The van der Waals surface area contributed by atoms with Gasteiger partial charge in [0.2, 0.25) is 27.3 Å². The molecule has 1 heterocycles. The zero-order valence-electron chi connectivity index (χ0n) is 12.5. The fourth-order valence-electron chi connectivity index (χ4n) is 2.17. The van der Waals surface area contributed by atoms with Crippen LogP contribution in [0.3, 0.4) is 0 Å². The minimum atomic E-state index is -3.77. The van der Waals surface area contributed by atoms with Crippen LogP contribution >= 0.6 is 39.1 Å². The van der Waals surface area contributed by atoms with Gasteiger partial charge >= 0.3 is 0 Å². The molecule has 1 aliphatic rings. The Morgan fingerprint density at radius 1 is 1.38 bits per heavy atom. The summed E-state index contributed by atoms with van der Waals surface area (Å²) < 4.78 is 31.4. The maximum absolute atomic E-state index is 12.4. The highest BCUT2D eigenvalue weighted by Crippen LogP contribution is 2.41. The number of hydrogen-bond acceptors (Lipinski definition) is 5. The van der Waals surface area contributed by atoms with Crippen molar-refractivity contribution in [3.8, 4) is 0 Å². The van der Waals surface area contributed by atoms with Gasteiger partial charge < -0.3 is 9.84 Å². The molecule has 0 radical (unpaired) electrons. The van der Waals surface area contributed by atoms with Crippen LogP contribution in [-0.4, -0.2) is 30.4 Å². The lowest BCUT2D eigenvalue weighted by molar-refractivity contribution is -0.131. The smallest absolute Gasteiger partial charge is 0.250 e. The van der Waals surface area contributed by atoms with Crippen LogP contribution in [0.4, 0.5) is 0 Å². The van der Waals surface area contributed by atoms with Crippen LogP contribution in [0.1, 0.15) is 18.9 Å². The molecule has 1 unspecified atom stereocenters. The first kappa shape index (κ1) is 19.4. The Kier molecular flexibility index (Phi) is 5.74. The van der Waals surface area contributed by atoms with E-state index in [0.717, 1.165) is 0 Å². The molecule has 2 rings (SSSR count). The van der Waals surface area contributed by atoms with Gasteiger partial charge in [0.05, 0.1) is 5.75 Å². The van der Waals surface area contributed by atoms with Gasteiger partial charge in [0, 0.05) is 20.9 Å². The number of ketones is 1. The molecule has 0 amide bonds. The molecule has 1 atom stereocenters. The fraction of sp³-hybridized carbons (Fsp3) is 0.357. The lowest BCUT2D eigenvalue weighted by atomic mass is 9.91. The van der Waals surface area contributed by atoms with Gasteiger partial charge in [-0.3, -0.25) is 9.52 Å². The van der Waals surface area contributed by atoms with Gasteiger partial charge in [0.1, 0.15) is 0 Å². The topological polar surface area (TPSA) is 92.7 Å². The van der Waals surface area contributed by atoms with E-state index in [0.29, 0.717) is 16.8 Å². The fourth-order valence-corrected chi connectivity index (χ4v) is 4.34. The largest absolute Gasteiger partial charge is 0.501 e. The van der Waals surface area contributed by atoms with E-state index in [-0.39, 0.29) is 16.3 Å². The van der Waals surface area contributed by atoms with Gasteiger partial charge in [-0.2, -0.15) is 0 Å². The Labute approximate surface area is 158 Å². The summed E-state index contributed by atoms with van der Waals surface area (Å²) in [6, 6.07) is 4.45. The first-order valence-corrected chi connectivity index (χ1v) is 10.3. The molecule has 0 spiro atoms. The van der Waals surface area contributed by atoms with E-state index >= 15 is 0 Å². The average molecular weight is 459 g/mol. The van der Waals surface area contributed by atoms with Crippen molar-refractivity contribution < 1.29 is 23.1 Å². The maximum Gasteiger partial charge on any atom is 0.250 e. The van der Waals surface area contributed by atoms with Crippen molar-refractivity contribution in [3.05, 3.63) is 45.5 Å². The molecule has 0 saturated heterocycles. The molecule has 2 N–H and O–H groups in total. The summed E-state index contributed by atoms with van der Waals surface area (Å²) in [6.07, 6.45) is 0.356. The van der Waals surface area contributed by atoms with Crippen LogP contribution in [0.2, 0.25) is 10.0 Å². The summed E-state index contributed by atoms with van der Waals surface area (Å²) in [5, 5.41) is 11.0. The van der Waals surface area contributed by atoms with Crippen molar-refractivity contribution in [2.75, 3.05) is 11.1 Å². The Hall–Kier alpha value is -0.960. The molecule has 0 bridgehead atoms. The SMILES string of the molecule is CC1(c2cc(Cl)ccc2Cl)OC(NS(=O)(=O)CCCBr)=C(O)C1=O. The van der Waals surface area contributed by atoms with Crippen molar-refractivity contribution in [1.29, 1.82) is 0 Å². The normalized spacial score (nSPS) is 21.1. The number of benzene rings is 1. The molecular weight excluding hydrogens is 445 g/mol. The zero-order valence-corrected chi connectivity index (χ0v) is 16.4. The van der Waals surface area contributed by atoms with Crippen molar-refractivity contribution in [2.45, 2.75) is 18.9 Å². The molecule has 0 saturated carbocycles. The summed E-state index contributed by atoms with van der Waals surface area (Å²) in [4.78, 5) is 12.4. The molecule has 0 aromatic heterocycles. The summed E-state index contributed by atoms with van der Waals surface area (Å²) in [7, 11) is -3.77. The van der Waals surface area contributed by atoms with Gasteiger partial charge in [-0.25, -0.2) is 8.42 Å². The van der Waals surface area contributed by atoms with Crippen LogP contribution in [0.15, 0.2) is 29.8 Å². The van der Waals surface area contributed by atoms with Crippen LogP contribution in [-0.2, 0) is 25.2 Å². The van der Waals surface area contributed by atoms with E-state index in [2.05, 4.69) is 20.7 Å². The van der Waals surface area contributed by atoms with Crippen LogP contribution in [0.5, 0.6) is 0 Å². The molecule has 0 aliphatic carbocycles. The number of sulfonamides is 1. The van der Waals surface area contributed by atoms with E-state index in [1.807, 2.05) is 0 Å². The number of hydrogen-bond donors (Lipinski definition) is 2. The second kappa shape index (κ2) is 7.11. The van der Waals surface area contributed by atoms with Crippen LogP contribution in [0, 0.1) is 0 Å². The molecule has 1 aliphatic heterocycles. The van der Waals surface area contributed by atoms with E-state index in [4.69, 9.17) is 27.9 Å². The maximum atomic E-state index is 12.4. The number of Topliss-reactive ketones (excluding diaryl/α,β-unsaturated/α-hetero) is 1. The Bertz CT molecular complexity index is 811. The third-order valence-electron chi connectivity index (χ3n) is 3.41. The number of halogens is 3. The first-order chi connectivity index (χ1) is 11.1. The highest BCUT2D eigenvalue weighted by molar-refractivity contribution is 9.09. The number of rotatable bonds is 6. The first-order valence-electron chi connectivity index (χ1n) is 6.80. The Morgan fingerprint density at radius 3 is 2.67 bits per heavy atom. The van der Waals surface area contributed by atoms with Crippen molar-refractivity contribution in [3.63, 3.8) is 0 Å². The monoisotopic (exact) mass is 457 g/mol. The molecule has 1 aromatic rings. The van der Waals surface area contributed by atoms with E-state index in [1.54, 1.807) is 0 Å². The number of aliphatic hydroxyl groups is 1. The van der Waals surface area contributed by atoms with Gasteiger partial charge in [-0.05, 0) is 31.5 Å². The molecule has 0 fully saturated rings. The third-order valence-corrected chi connectivity index (χ3v) is 5.85. The number of alkyl halides is 1. The lowest BCUT2D eigenvalue weighted by Gasteiger charge is -2.25. The number of nitrogens with one attached hydrogen (secondary N) is 1. The molecule has 24 heavy (non-hydrogen) atoms. The number of aliphatic hydroxyl groups excluding tert-OH is 1. The third kappa shape index (κ3) is 3.82. The van der Waals surface area contributed by atoms with Gasteiger partial charge in [0.15, 0.2) is 0 Å². The number of carbonyl (C=O) groups is 1. The lowest BCUT2D eigenvalue weighted by Crippen LogP contribution is -2.33. The molecule has 132 valence electrons. The summed E-state index contributed by atoms with van der Waals surface area (Å²) in [5.74, 6) is -2.34. The molecule has 6 nitrogen and oxygen atoms in total. The predicted octanol–water partition coefficient (Wildman–Crippen LogP) is 3.24. The molecular formula is C14H14BrCl2NO5S. The van der Waals surface area contributed by atoms with Crippen molar-refractivity contribution in [1.82, 2.24) is 4.72 Å². The second-order valence-corrected chi connectivity index (χ2v) is 8.71. The standard InChI is InChI=1S/C14H14BrCl2NO5S/c1-14(9-7-8(16)3-4-10(9)17)12(20)11(19)13(23-14)18-24(21,22)6-2-5-15/h3-4,7,18-19H,2,5-6H2,1H3.